The van der Waals surface area contributed by atoms with E-state index < -0.39 is 0 Å². The Morgan fingerprint density at radius 1 is 0.964 bits per heavy atom. The van der Waals surface area contributed by atoms with E-state index in [4.69, 9.17) is 4.74 Å². The number of hydrogen-bond acceptors (Lipinski definition) is 4. The third-order valence-corrected chi connectivity index (χ3v) is 6.03. The highest BCUT2D eigenvalue weighted by molar-refractivity contribution is 5.79. The summed E-state index contributed by atoms with van der Waals surface area (Å²) in [6, 6.07) is 14.5. The number of rotatable bonds is 2. The fourth-order valence-corrected chi connectivity index (χ4v) is 4.40. The van der Waals surface area contributed by atoms with Crippen molar-refractivity contribution < 1.29 is 4.74 Å². The second kappa shape index (κ2) is 7.26. The number of benzene rings is 1. The molecule has 140 valence electrons. The zero-order chi connectivity index (χ0) is 18.9. The fourth-order valence-electron chi connectivity index (χ4n) is 4.40. The summed E-state index contributed by atoms with van der Waals surface area (Å²) < 4.78 is 6.26. The van der Waals surface area contributed by atoms with Crippen LogP contribution >= 0.6 is 0 Å². The summed E-state index contributed by atoms with van der Waals surface area (Å²) in [7, 11) is 0. The number of fused-ring (bicyclic) bond motifs is 4. The molecule has 0 radical (unpaired) electrons. The van der Waals surface area contributed by atoms with Gasteiger partial charge in [0, 0.05) is 41.0 Å². The first-order valence-electron chi connectivity index (χ1n) is 10.00. The van der Waals surface area contributed by atoms with Gasteiger partial charge >= 0.3 is 0 Å². The minimum absolute atomic E-state index is 0.246. The van der Waals surface area contributed by atoms with Crippen molar-refractivity contribution in [2.75, 3.05) is 13.1 Å². The molecule has 2 bridgehead atoms. The van der Waals surface area contributed by atoms with Crippen LogP contribution in [0.1, 0.15) is 30.9 Å². The molecule has 3 fully saturated rings. The molecule has 5 heterocycles. The smallest absolute Gasteiger partial charge is 0.213 e. The van der Waals surface area contributed by atoms with Crippen LogP contribution in [0.25, 0.3) is 10.9 Å². The number of pyridine rings is 2. The number of nitrogens with zero attached hydrogens (tertiary/aromatic N) is 3. The van der Waals surface area contributed by atoms with Crippen LogP contribution in [-0.2, 0) is 0 Å². The van der Waals surface area contributed by atoms with E-state index in [1.54, 1.807) is 6.20 Å². The number of ether oxygens (including phenoxy) is 1. The lowest BCUT2D eigenvalue weighted by atomic mass is 9.81. The topological polar surface area (TPSA) is 38.3 Å². The first kappa shape index (κ1) is 17.2. The van der Waals surface area contributed by atoms with E-state index in [1.165, 1.54) is 25.9 Å². The second-order valence-electron chi connectivity index (χ2n) is 7.75. The highest BCUT2D eigenvalue weighted by Crippen LogP contribution is 2.34. The van der Waals surface area contributed by atoms with Gasteiger partial charge in [-0.05, 0) is 57.0 Å². The molecule has 0 N–H and O–H groups in total. The molecule has 3 aliphatic heterocycles. The Morgan fingerprint density at radius 2 is 1.75 bits per heavy atom. The predicted molar refractivity (Wildman–Crippen MR) is 110 cm³/mol. The lowest BCUT2D eigenvalue weighted by Crippen LogP contribution is -2.58. The molecule has 3 saturated heterocycles. The molecule has 4 nitrogen and oxygen atoms in total. The maximum Gasteiger partial charge on any atom is 0.213 e. The number of para-hydroxylation sites is 1. The average Bonchev–Trinajstić information content (AvgIpc) is 2.76. The van der Waals surface area contributed by atoms with Crippen molar-refractivity contribution in [1.82, 2.24) is 14.9 Å². The molecule has 6 rings (SSSR count). The summed E-state index contributed by atoms with van der Waals surface area (Å²) in [5.74, 6) is 7.71. The normalized spacial score (nSPS) is 25.9. The van der Waals surface area contributed by atoms with Gasteiger partial charge < -0.3 is 4.74 Å². The Bertz CT molecular complexity index is 1040. The molecular formula is C24H23N3O. The molecule has 0 aliphatic carbocycles. The second-order valence-corrected chi connectivity index (χ2v) is 7.75. The van der Waals surface area contributed by atoms with Crippen molar-refractivity contribution in [3.8, 4) is 17.7 Å². The van der Waals surface area contributed by atoms with Gasteiger partial charge in [-0.2, -0.15) is 0 Å². The van der Waals surface area contributed by atoms with Crippen LogP contribution in [0.15, 0.2) is 54.9 Å². The molecule has 28 heavy (non-hydrogen) atoms. The van der Waals surface area contributed by atoms with Gasteiger partial charge in [-0.1, -0.05) is 30.0 Å². The minimum atomic E-state index is 0.246. The lowest BCUT2D eigenvalue weighted by molar-refractivity contribution is -0.0525. The van der Waals surface area contributed by atoms with Gasteiger partial charge in [0.2, 0.25) is 5.88 Å². The van der Waals surface area contributed by atoms with Gasteiger partial charge in [0.05, 0.1) is 5.52 Å². The van der Waals surface area contributed by atoms with Gasteiger partial charge in [-0.3, -0.25) is 9.88 Å². The minimum Gasteiger partial charge on any atom is -0.472 e. The SMILES string of the molecule is CC1C(Oc2ccc(C#Cc3cnc4ccccc4c3)cn2)C2CCN1CC2. The molecule has 0 spiro atoms. The van der Waals surface area contributed by atoms with Gasteiger partial charge in [0.25, 0.3) is 0 Å². The molecule has 3 aromatic rings. The van der Waals surface area contributed by atoms with Gasteiger partial charge in [-0.15, -0.1) is 0 Å². The lowest BCUT2D eigenvalue weighted by Gasteiger charge is -2.49. The van der Waals surface area contributed by atoms with E-state index in [0.717, 1.165) is 22.0 Å². The fraction of sp³-hybridized carbons (Fsp3) is 0.333. The third-order valence-electron chi connectivity index (χ3n) is 6.03. The molecule has 2 aromatic heterocycles. The third kappa shape index (κ3) is 3.34. The summed E-state index contributed by atoms with van der Waals surface area (Å²) >= 11 is 0. The van der Waals surface area contributed by atoms with Crippen molar-refractivity contribution in [1.29, 1.82) is 0 Å². The summed E-state index contributed by atoms with van der Waals surface area (Å²) in [6.45, 7) is 4.68. The Morgan fingerprint density at radius 3 is 2.54 bits per heavy atom. The van der Waals surface area contributed by atoms with E-state index in [9.17, 15) is 0 Å². The molecule has 1 aromatic carbocycles. The van der Waals surface area contributed by atoms with Crippen LogP contribution in [-0.4, -0.2) is 40.1 Å². The van der Waals surface area contributed by atoms with Crippen LogP contribution in [0.2, 0.25) is 0 Å². The van der Waals surface area contributed by atoms with E-state index in [1.807, 2.05) is 36.5 Å². The maximum absolute atomic E-state index is 6.26. The highest BCUT2D eigenvalue weighted by atomic mass is 16.5. The molecule has 0 saturated carbocycles. The van der Waals surface area contributed by atoms with Crippen molar-refractivity contribution in [2.24, 2.45) is 5.92 Å². The van der Waals surface area contributed by atoms with Crippen LogP contribution in [0, 0.1) is 17.8 Å². The Kier molecular flexibility index (Phi) is 4.46. The predicted octanol–water partition coefficient (Wildman–Crippen LogP) is 3.89. The zero-order valence-corrected chi connectivity index (χ0v) is 16.0. The summed E-state index contributed by atoms with van der Waals surface area (Å²) in [6.07, 6.45) is 6.32. The Labute approximate surface area is 165 Å². The van der Waals surface area contributed by atoms with Gasteiger partial charge in [0.15, 0.2) is 0 Å². The molecule has 0 amide bonds. The Hall–Kier alpha value is -2.90. The molecule has 4 heteroatoms. The summed E-state index contributed by atoms with van der Waals surface area (Å²) in [5.41, 5.74) is 2.76. The van der Waals surface area contributed by atoms with E-state index in [0.29, 0.717) is 17.8 Å². The van der Waals surface area contributed by atoms with E-state index >= 15 is 0 Å². The maximum atomic E-state index is 6.26. The van der Waals surface area contributed by atoms with Gasteiger partial charge in [-0.25, -0.2) is 4.98 Å². The van der Waals surface area contributed by atoms with Crippen molar-refractivity contribution in [3.05, 3.63) is 66.0 Å². The standard InChI is InChI=1S/C24H23N3O/c1-17-24(20-10-12-27(17)13-11-20)28-23-9-8-18(15-26-23)6-7-19-14-21-4-2-3-5-22(21)25-16-19/h2-5,8-9,14-17,20,24H,10-13H2,1H3. The van der Waals surface area contributed by atoms with Gasteiger partial charge in [0.1, 0.15) is 6.10 Å². The number of aromatic nitrogens is 2. The summed E-state index contributed by atoms with van der Waals surface area (Å²) in [5, 5.41) is 1.10. The molecule has 2 atom stereocenters. The van der Waals surface area contributed by atoms with Crippen molar-refractivity contribution in [2.45, 2.75) is 31.9 Å². The quantitative estimate of drug-likeness (QED) is 0.643. The molecular weight excluding hydrogens is 346 g/mol. The van der Waals surface area contributed by atoms with E-state index in [-0.39, 0.29) is 6.10 Å². The summed E-state index contributed by atoms with van der Waals surface area (Å²) in [4.78, 5) is 11.5. The highest BCUT2D eigenvalue weighted by Gasteiger charge is 2.41. The van der Waals surface area contributed by atoms with Crippen molar-refractivity contribution in [3.63, 3.8) is 0 Å². The van der Waals surface area contributed by atoms with Crippen LogP contribution in [0.4, 0.5) is 0 Å². The van der Waals surface area contributed by atoms with Crippen LogP contribution in [0.3, 0.4) is 0 Å². The van der Waals surface area contributed by atoms with Crippen LogP contribution in [0.5, 0.6) is 5.88 Å². The first-order valence-corrected chi connectivity index (χ1v) is 10.00. The molecule has 3 aliphatic rings. The molecule has 2 unspecified atom stereocenters. The number of piperidine rings is 3. The number of hydrogen-bond donors (Lipinski definition) is 0. The van der Waals surface area contributed by atoms with Crippen LogP contribution < -0.4 is 4.74 Å². The zero-order valence-electron chi connectivity index (χ0n) is 16.0. The van der Waals surface area contributed by atoms with E-state index in [2.05, 4.69) is 45.8 Å². The first-order chi connectivity index (χ1) is 13.8. The monoisotopic (exact) mass is 369 g/mol. The van der Waals surface area contributed by atoms with Crippen molar-refractivity contribution >= 4 is 10.9 Å². The average molecular weight is 369 g/mol. The Balaban J connectivity index is 1.29. The largest absolute Gasteiger partial charge is 0.472 e.